The summed E-state index contributed by atoms with van der Waals surface area (Å²) in [5.41, 5.74) is 13.2. The fraction of sp³-hybridized carbons (Fsp3) is 0.600. The second kappa shape index (κ2) is 12.8. The van der Waals surface area contributed by atoms with Crippen LogP contribution in [-0.2, 0) is 9.47 Å². The lowest BCUT2D eigenvalue weighted by Gasteiger charge is -2.20. The molecule has 0 saturated carbocycles. The summed E-state index contributed by atoms with van der Waals surface area (Å²) in [5, 5.41) is 67.4. The van der Waals surface area contributed by atoms with Crippen molar-refractivity contribution >= 4 is 45.9 Å². The number of unbranched alkanes of at least 4 members (excludes halogenated alkanes) is 2. The molecule has 45 heavy (non-hydrogen) atoms. The van der Waals surface area contributed by atoms with Gasteiger partial charge in [-0.2, -0.15) is 0 Å². The van der Waals surface area contributed by atoms with E-state index in [4.69, 9.17) is 20.9 Å². The highest BCUT2D eigenvalue weighted by Crippen LogP contribution is 2.36. The largest absolute Gasteiger partial charge is 0.394 e. The molecule has 0 radical (unpaired) electrons. The van der Waals surface area contributed by atoms with E-state index in [-0.39, 0.29) is 11.6 Å². The molecular formula is C25H36N12O8. The number of nitrogens with two attached hydrogens (primary N) is 2. The van der Waals surface area contributed by atoms with E-state index in [1.165, 1.54) is 21.8 Å². The number of aromatic nitrogens is 8. The van der Waals surface area contributed by atoms with Gasteiger partial charge in [-0.05, 0) is 19.3 Å². The zero-order chi connectivity index (χ0) is 31.8. The summed E-state index contributed by atoms with van der Waals surface area (Å²) in [5.74, 6) is 0.873. The number of fused-ring (bicyclic) bond motifs is 2. The molecule has 4 aromatic rings. The van der Waals surface area contributed by atoms with Crippen molar-refractivity contribution in [1.82, 2.24) is 39.0 Å². The van der Waals surface area contributed by atoms with E-state index in [9.17, 15) is 30.6 Å². The van der Waals surface area contributed by atoms with E-state index in [0.717, 1.165) is 6.42 Å². The van der Waals surface area contributed by atoms with Crippen molar-refractivity contribution in [1.29, 1.82) is 0 Å². The molecule has 8 atom stereocenters. The summed E-state index contributed by atoms with van der Waals surface area (Å²) in [6.07, 6.45) is -4.74. The van der Waals surface area contributed by atoms with Gasteiger partial charge < -0.3 is 62.2 Å². The first-order valence-corrected chi connectivity index (χ1v) is 14.4. The number of anilines is 4. The van der Waals surface area contributed by atoms with Crippen molar-refractivity contribution in [2.24, 2.45) is 0 Å². The Morgan fingerprint density at radius 3 is 1.44 bits per heavy atom. The molecule has 0 aliphatic carbocycles. The highest BCUT2D eigenvalue weighted by molar-refractivity contribution is 5.84. The summed E-state index contributed by atoms with van der Waals surface area (Å²) >= 11 is 0. The second-order valence-corrected chi connectivity index (χ2v) is 10.8. The molecule has 0 spiro atoms. The number of ether oxygens (including phenoxy) is 2. The molecule has 0 unspecified atom stereocenters. The smallest absolute Gasteiger partial charge is 0.207 e. The standard InChI is InChI=1S/C25H36N12O8/c26-18-12-20(32-8-30-18)36(22-16(42)14(40)10(6-38)44-22)24(34-12)28-4-2-1-3-5-29-25-35-13-19(27)31-9-33-21(13)37(25)23-17(43)15(41)11(7-39)45-23/h8-11,14-17,22-23,38-43H,1-7H2,(H,28,34)(H,29,35)(H2,26,30,32)(H2,27,31,33)/t10-,11-,14-,15+,16+,17+,22-,23-/m1/s1. The third kappa shape index (κ3) is 5.55. The molecule has 6 heterocycles. The number of aliphatic hydroxyl groups is 6. The summed E-state index contributed by atoms with van der Waals surface area (Å²) in [4.78, 5) is 25.4. The first kappa shape index (κ1) is 31.0. The van der Waals surface area contributed by atoms with Crippen LogP contribution in [0.2, 0.25) is 0 Å². The molecule has 2 aliphatic heterocycles. The lowest BCUT2D eigenvalue weighted by Crippen LogP contribution is -2.33. The lowest BCUT2D eigenvalue weighted by atomic mass is 10.1. The van der Waals surface area contributed by atoms with Crippen LogP contribution in [0.25, 0.3) is 22.3 Å². The van der Waals surface area contributed by atoms with Crippen LogP contribution in [0.1, 0.15) is 31.7 Å². The molecule has 0 bridgehead atoms. The van der Waals surface area contributed by atoms with Crippen LogP contribution in [0.3, 0.4) is 0 Å². The highest BCUT2D eigenvalue weighted by Gasteiger charge is 2.46. The fourth-order valence-corrected chi connectivity index (χ4v) is 5.60. The van der Waals surface area contributed by atoms with E-state index < -0.39 is 62.3 Å². The summed E-state index contributed by atoms with van der Waals surface area (Å²) in [6, 6.07) is 0. The van der Waals surface area contributed by atoms with Crippen molar-refractivity contribution < 1.29 is 40.1 Å². The Labute approximate surface area is 254 Å². The van der Waals surface area contributed by atoms with Crippen LogP contribution in [0.15, 0.2) is 12.7 Å². The van der Waals surface area contributed by atoms with E-state index >= 15 is 0 Å². The van der Waals surface area contributed by atoms with Gasteiger partial charge in [0.2, 0.25) is 11.9 Å². The van der Waals surface area contributed by atoms with Crippen molar-refractivity contribution in [3.63, 3.8) is 0 Å². The Balaban J connectivity index is 1.09. The lowest BCUT2D eigenvalue weighted by molar-refractivity contribution is -0.0501. The number of nitrogens with one attached hydrogen (secondary N) is 2. The van der Waals surface area contributed by atoms with Gasteiger partial charge in [-0.3, -0.25) is 9.13 Å². The summed E-state index contributed by atoms with van der Waals surface area (Å²) < 4.78 is 14.4. The van der Waals surface area contributed by atoms with Gasteiger partial charge >= 0.3 is 0 Å². The van der Waals surface area contributed by atoms with Crippen LogP contribution < -0.4 is 22.1 Å². The molecule has 0 amide bonds. The molecular weight excluding hydrogens is 596 g/mol. The number of hydrogen-bond donors (Lipinski definition) is 10. The quantitative estimate of drug-likeness (QED) is 0.0698. The molecule has 2 saturated heterocycles. The van der Waals surface area contributed by atoms with Crippen LogP contribution in [0.4, 0.5) is 23.5 Å². The Morgan fingerprint density at radius 2 is 1.07 bits per heavy atom. The Kier molecular flexibility index (Phi) is 8.79. The van der Waals surface area contributed by atoms with E-state index in [1.807, 2.05) is 0 Å². The number of imidazole rings is 2. The molecule has 2 fully saturated rings. The number of hydrogen-bond acceptors (Lipinski definition) is 18. The molecule has 12 N–H and O–H groups in total. The summed E-state index contributed by atoms with van der Waals surface area (Å²) in [7, 11) is 0. The maximum absolute atomic E-state index is 10.6. The second-order valence-electron chi connectivity index (χ2n) is 10.8. The molecule has 0 aromatic carbocycles. The van der Waals surface area contributed by atoms with Gasteiger partial charge in [-0.1, -0.05) is 0 Å². The molecule has 20 nitrogen and oxygen atoms in total. The Hall–Kier alpha value is -4.02. The number of rotatable bonds is 12. The average molecular weight is 633 g/mol. The van der Waals surface area contributed by atoms with Crippen molar-refractivity contribution in [3.05, 3.63) is 12.7 Å². The Morgan fingerprint density at radius 1 is 0.644 bits per heavy atom. The van der Waals surface area contributed by atoms with Crippen LogP contribution in [0, 0.1) is 0 Å². The number of nitrogen functional groups attached to an aromatic ring is 2. The molecule has 4 aromatic heterocycles. The third-order valence-electron chi connectivity index (χ3n) is 7.97. The zero-order valence-corrected chi connectivity index (χ0v) is 24.0. The molecule has 2 aliphatic rings. The van der Waals surface area contributed by atoms with Crippen LogP contribution in [-0.4, -0.2) is 133 Å². The van der Waals surface area contributed by atoms with Crippen LogP contribution in [0.5, 0.6) is 0 Å². The minimum Gasteiger partial charge on any atom is -0.394 e. The maximum atomic E-state index is 10.6. The van der Waals surface area contributed by atoms with Gasteiger partial charge in [-0.25, -0.2) is 29.9 Å². The summed E-state index contributed by atoms with van der Waals surface area (Å²) in [6.45, 7) is -0.0191. The predicted octanol–water partition coefficient (Wildman–Crippen LogP) is -2.95. The van der Waals surface area contributed by atoms with Gasteiger partial charge in [0.15, 0.2) is 46.4 Å². The highest BCUT2D eigenvalue weighted by atomic mass is 16.6. The maximum Gasteiger partial charge on any atom is 0.207 e. The van der Waals surface area contributed by atoms with Gasteiger partial charge in [0, 0.05) is 13.1 Å². The number of aliphatic hydroxyl groups excluding tert-OH is 6. The minimum atomic E-state index is -1.35. The average Bonchev–Trinajstić information content (AvgIpc) is 3.75. The fourth-order valence-electron chi connectivity index (χ4n) is 5.60. The van der Waals surface area contributed by atoms with Crippen molar-refractivity contribution in [3.8, 4) is 0 Å². The zero-order valence-electron chi connectivity index (χ0n) is 24.0. The number of nitrogens with zero attached hydrogens (tertiary/aromatic N) is 8. The van der Waals surface area contributed by atoms with Gasteiger partial charge in [0.05, 0.1) is 13.2 Å². The molecule has 244 valence electrons. The van der Waals surface area contributed by atoms with Gasteiger partial charge in [0.1, 0.15) is 49.3 Å². The normalized spacial score (nSPS) is 28.4. The monoisotopic (exact) mass is 632 g/mol. The first-order chi connectivity index (χ1) is 21.7. The molecule has 20 heteroatoms. The Bertz CT molecular complexity index is 1520. The molecule has 6 rings (SSSR count). The topological polar surface area (TPSA) is 303 Å². The van der Waals surface area contributed by atoms with E-state index in [1.54, 1.807) is 0 Å². The third-order valence-corrected chi connectivity index (χ3v) is 7.97. The van der Waals surface area contributed by atoms with Crippen molar-refractivity contribution in [2.75, 3.05) is 48.4 Å². The van der Waals surface area contributed by atoms with Gasteiger partial charge in [0.25, 0.3) is 0 Å². The SMILES string of the molecule is Nc1ncnc2c1nc(NCCCCCNc1nc3c(N)ncnc3n1[C@@H]1O[C@H](CO)[C@@H](O)[C@@H]1O)n2[C@@H]1O[C@H](CO)[C@H](O)[C@@H]1O. The predicted molar refractivity (Wildman–Crippen MR) is 156 cm³/mol. The van der Waals surface area contributed by atoms with Crippen LogP contribution >= 0.6 is 0 Å². The first-order valence-electron chi connectivity index (χ1n) is 14.4. The van der Waals surface area contributed by atoms with E-state index in [0.29, 0.717) is 60.2 Å². The van der Waals surface area contributed by atoms with Crippen molar-refractivity contribution in [2.45, 2.75) is 68.3 Å². The van der Waals surface area contributed by atoms with Gasteiger partial charge in [-0.15, -0.1) is 0 Å². The van der Waals surface area contributed by atoms with E-state index in [2.05, 4.69) is 40.5 Å². The minimum absolute atomic E-state index is 0.135.